The molecule has 1 aromatic heterocycles. The van der Waals surface area contributed by atoms with Crippen molar-refractivity contribution in [2.75, 3.05) is 11.5 Å². The molecule has 1 N–H and O–H groups in total. The first-order chi connectivity index (χ1) is 9.24. The molecule has 2 heterocycles. The van der Waals surface area contributed by atoms with E-state index >= 15 is 0 Å². The molecule has 0 radical (unpaired) electrons. The second-order valence-corrected chi connectivity index (χ2v) is 7.11. The molecule has 100 valence electrons. The molecule has 1 aliphatic heterocycles. The van der Waals surface area contributed by atoms with Crippen LogP contribution in [0.3, 0.4) is 0 Å². The number of aromatic hydroxyl groups is 1. The monoisotopic (exact) mass is 294 g/mol. The number of phenols is 1. The van der Waals surface area contributed by atoms with Crippen LogP contribution in [0.25, 0.3) is 11.5 Å². The fourth-order valence-electron chi connectivity index (χ4n) is 2.02. The van der Waals surface area contributed by atoms with Crippen LogP contribution in [0.1, 0.15) is 18.0 Å². The van der Waals surface area contributed by atoms with Gasteiger partial charge in [-0.25, -0.2) is 0 Å². The van der Waals surface area contributed by atoms with Crippen molar-refractivity contribution in [2.45, 2.75) is 17.4 Å². The molecule has 0 spiro atoms. The van der Waals surface area contributed by atoms with E-state index in [1.165, 1.54) is 5.75 Å². The van der Waals surface area contributed by atoms with Crippen LogP contribution >= 0.6 is 23.5 Å². The Balaban J connectivity index is 1.86. The number of nitrogens with zero attached hydrogens (tertiary/aromatic N) is 2. The average Bonchev–Trinajstić information content (AvgIpc) is 2.89. The molecule has 2 unspecified atom stereocenters. The molecule has 0 amide bonds. The molecule has 2 aromatic rings. The van der Waals surface area contributed by atoms with Crippen LogP contribution in [-0.4, -0.2) is 32.0 Å². The number of benzene rings is 1. The van der Waals surface area contributed by atoms with E-state index in [9.17, 15) is 5.11 Å². The van der Waals surface area contributed by atoms with Gasteiger partial charge in [-0.3, -0.25) is 0 Å². The largest absolute Gasteiger partial charge is 0.508 e. The van der Waals surface area contributed by atoms with E-state index in [0.29, 0.717) is 11.1 Å². The number of hydrogen-bond acceptors (Lipinski definition) is 6. The van der Waals surface area contributed by atoms with Gasteiger partial charge in [0, 0.05) is 22.3 Å². The van der Waals surface area contributed by atoms with Crippen LogP contribution in [0.4, 0.5) is 0 Å². The summed E-state index contributed by atoms with van der Waals surface area (Å²) >= 11 is 3.83. The Bertz CT molecular complexity index is 573. The fourth-order valence-corrected chi connectivity index (χ4v) is 4.70. The SMILES string of the molecule is CC1SCCSC1c1noc(-c2cccc(O)c2)n1. The lowest BCUT2D eigenvalue weighted by molar-refractivity contribution is 0.421. The lowest BCUT2D eigenvalue weighted by atomic mass is 10.2. The number of phenolic OH excluding ortho intramolecular Hbond substituents is 1. The zero-order valence-corrected chi connectivity index (χ0v) is 12.1. The molecular weight excluding hydrogens is 280 g/mol. The van der Waals surface area contributed by atoms with Gasteiger partial charge in [0.1, 0.15) is 5.75 Å². The van der Waals surface area contributed by atoms with E-state index in [1.807, 2.05) is 29.6 Å². The van der Waals surface area contributed by atoms with Gasteiger partial charge in [0.2, 0.25) is 0 Å². The van der Waals surface area contributed by atoms with Crippen molar-refractivity contribution in [3.63, 3.8) is 0 Å². The van der Waals surface area contributed by atoms with Crippen LogP contribution in [0, 0.1) is 0 Å². The van der Waals surface area contributed by atoms with Gasteiger partial charge in [0.15, 0.2) is 5.82 Å². The smallest absolute Gasteiger partial charge is 0.258 e. The van der Waals surface area contributed by atoms with Gasteiger partial charge in [0.05, 0.1) is 5.25 Å². The van der Waals surface area contributed by atoms with Gasteiger partial charge in [-0.05, 0) is 18.2 Å². The van der Waals surface area contributed by atoms with E-state index in [1.54, 1.807) is 18.2 Å². The molecule has 1 fully saturated rings. The van der Waals surface area contributed by atoms with E-state index in [0.717, 1.165) is 17.1 Å². The summed E-state index contributed by atoms with van der Waals surface area (Å²) in [6.07, 6.45) is 0. The summed E-state index contributed by atoms with van der Waals surface area (Å²) in [4.78, 5) is 4.47. The van der Waals surface area contributed by atoms with Crippen LogP contribution in [0.5, 0.6) is 5.75 Å². The Hall–Kier alpha value is -1.14. The summed E-state index contributed by atoms with van der Waals surface area (Å²) in [5.41, 5.74) is 0.750. The number of aromatic nitrogens is 2. The summed E-state index contributed by atoms with van der Waals surface area (Å²) in [5.74, 6) is 3.72. The molecule has 0 saturated carbocycles. The first-order valence-corrected chi connectivity index (χ1v) is 8.20. The summed E-state index contributed by atoms with van der Waals surface area (Å²) in [7, 11) is 0. The Morgan fingerprint density at radius 2 is 2.16 bits per heavy atom. The summed E-state index contributed by atoms with van der Waals surface area (Å²) in [5, 5.41) is 14.3. The molecule has 3 rings (SSSR count). The molecule has 19 heavy (non-hydrogen) atoms. The molecule has 1 saturated heterocycles. The third kappa shape index (κ3) is 2.74. The molecule has 1 aromatic carbocycles. The molecule has 1 aliphatic rings. The summed E-state index contributed by atoms with van der Waals surface area (Å²) in [6.45, 7) is 2.20. The maximum Gasteiger partial charge on any atom is 0.258 e. The maximum absolute atomic E-state index is 9.47. The van der Waals surface area contributed by atoms with Crippen LogP contribution in [-0.2, 0) is 0 Å². The average molecular weight is 294 g/mol. The predicted octanol–water partition coefficient (Wildman–Crippen LogP) is 3.35. The third-order valence-electron chi connectivity index (χ3n) is 2.98. The molecular formula is C13H14N2O2S2. The molecule has 2 atom stereocenters. The highest BCUT2D eigenvalue weighted by atomic mass is 32.2. The fraction of sp³-hybridized carbons (Fsp3) is 0.385. The van der Waals surface area contributed by atoms with Crippen molar-refractivity contribution in [1.82, 2.24) is 10.1 Å². The molecule has 6 heteroatoms. The minimum atomic E-state index is 0.202. The van der Waals surface area contributed by atoms with Crippen LogP contribution in [0.15, 0.2) is 28.8 Å². The Morgan fingerprint density at radius 3 is 2.95 bits per heavy atom. The van der Waals surface area contributed by atoms with Gasteiger partial charge < -0.3 is 9.63 Å². The highest BCUT2D eigenvalue weighted by Crippen LogP contribution is 2.41. The van der Waals surface area contributed by atoms with Gasteiger partial charge in [-0.2, -0.15) is 16.7 Å². The van der Waals surface area contributed by atoms with Crippen LogP contribution in [0.2, 0.25) is 0 Å². The van der Waals surface area contributed by atoms with E-state index in [-0.39, 0.29) is 11.0 Å². The summed E-state index contributed by atoms with van der Waals surface area (Å²) < 4.78 is 5.31. The second-order valence-electron chi connectivity index (χ2n) is 4.38. The summed E-state index contributed by atoms with van der Waals surface area (Å²) in [6, 6.07) is 6.87. The predicted molar refractivity (Wildman–Crippen MR) is 78.5 cm³/mol. The quantitative estimate of drug-likeness (QED) is 0.916. The molecule has 0 aliphatic carbocycles. The zero-order valence-electron chi connectivity index (χ0n) is 10.4. The lowest BCUT2D eigenvalue weighted by Crippen LogP contribution is -2.16. The number of thioether (sulfide) groups is 2. The number of rotatable bonds is 2. The minimum Gasteiger partial charge on any atom is -0.508 e. The van der Waals surface area contributed by atoms with Crippen molar-refractivity contribution < 1.29 is 9.63 Å². The lowest BCUT2D eigenvalue weighted by Gasteiger charge is -2.24. The topological polar surface area (TPSA) is 59.2 Å². The van der Waals surface area contributed by atoms with Gasteiger partial charge in [-0.15, -0.1) is 11.8 Å². The van der Waals surface area contributed by atoms with Crippen molar-refractivity contribution in [3.05, 3.63) is 30.1 Å². The highest BCUT2D eigenvalue weighted by Gasteiger charge is 2.28. The molecule has 0 bridgehead atoms. The third-order valence-corrected chi connectivity index (χ3v) is 6.06. The Kier molecular flexibility index (Phi) is 3.70. The number of hydrogen-bond donors (Lipinski definition) is 1. The zero-order chi connectivity index (χ0) is 13.2. The second kappa shape index (κ2) is 5.46. The highest BCUT2D eigenvalue weighted by molar-refractivity contribution is 8.06. The van der Waals surface area contributed by atoms with Crippen molar-refractivity contribution in [2.24, 2.45) is 0 Å². The molecule has 4 nitrogen and oxygen atoms in total. The van der Waals surface area contributed by atoms with E-state index < -0.39 is 0 Å². The minimum absolute atomic E-state index is 0.202. The first-order valence-electron chi connectivity index (χ1n) is 6.10. The van der Waals surface area contributed by atoms with Crippen LogP contribution < -0.4 is 0 Å². The van der Waals surface area contributed by atoms with Gasteiger partial charge in [0.25, 0.3) is 5.89 Å². The standard InChI is InChI=1S/C13H14N2O2S2/c1-8-11(19-6-5-18-8)12-14-13(17-15-12)9-3-2-4-10(16)7-9/h2-4,7-8,11,16H,5-6H2,1H3. The van der Waals surface area contributed by atoms with E-state index in [4.69, 9.17) is 4.52 Å². The van der Waals surface area contributed by atoms with Gasteiger partial charge >= 0.3 is 0 Å². The van der Waals surface area contributed by atoms with Crippen molar-refractivity contribution in [3.8, 4) is 17.2 Å². The Labute approximate surface area is 120 Å². The normalized spacial score (nSPS) is 23.4. The first kappa shape index (κ1) is 12.9. The van der Waals surface area contributed by atoms with E-state index in [2.05, 4.69) is 17.1 Å². The Morgan fingerprint density at radius 1 is 1.32 bits per heavy atom. The van der Waals surface area contributed by atoms with Crippen molar-refractivity contribution >= 4 is 23.5 Å². The van der Waals surface area contributed by atoms with Gasteiger partial charge in [-0.1, -0.05) is 18.1 Å². The van der Waals surface area contributed by atoms with Crippen molar-refractivity contribution in [1.29, 1.82) is 0 Å². The maximum atomic E-state index is 9.47.